The third kappa shape index (κ3) is 3.23. The largest absolute Gasteiger partial charge is 0.385 e. The summed E-state index contributed by atoms with van der Waals surface area (Å²) in [4.78, 5) is 3.78. The topological polar surface area (TPSA) is 42.4 Å². The van der Waals surface area contributed by atoms with Gasteiger partial charge in [0.15, 0.2) is 0 Å². The highest BCUT2D eigenvalue weighted by atomic mass is 19.1. The van der Waals surface area contributed by atoms with Crippen LogP contribution < -0.4 is 0 Å². The zero-order valence-electron chi connectivity index (χ0n) is 10.0. The third-order valence-corrected chi connectivity index (χ3v) is 3.35. The van der Waals surface area contributed by atoms with Crippen LogP contribution in [0.2, 0.25) is 0 Å². The number of aliphatic hydroxyl groups is 1. The Balaban J connectivity index is 2.06. The molecule has 1 fully saturated rings. The van der Waals surface area contributed by atoms with Crippen molar-refractivity contribution in [2.24, 2.45) is 5.92 Å². The average Bonchev–Trinajstić information content (AvgIpc) is 2.30. The van der Waals surface area contributed by atoms with Gasteiger partial charge in [0.05, 0.1) is 11.8 Å². The SMILES string of the molecule is CC(O)(CC1CCOCC1)c1cncc(F)c1. The molecule has 0 spiro atoms. The zero-order valence-corrected chi connectivity index (χ0v) is 10.0. The van der Waals surface area contributed by atoms with Crippen molar-refractivity contribution >= 4 is 0 Å². The van der Waals surface area contributed by atoms with Crippen LogP contribution in [0.3, 0.4) is 0 Å². The summed E-state index contributed by atoms with van der Waals surface area (Å²) in [5, 5.41) is 10.4. The van der Waals surface area contributed by atoms with E-state index in [0.717, 1.165) is 32.3 Å². The van der Waals surface area contributed by atoms with Crippen LogP contribution in [-0.4, -0.2) is 23.3 Å². The maximum Gasteiger partial charge on any atom is 0.141 e. The Kier molecular flexibility index (Phi) is 3.74. The second-order valence-electron chi connectivity index (χ2n) is 4.93. The van der Waals surface area contributed by atoms with Gasteiger partial charge in [-0.15, -0.1) is 0 Å². The molecule has 2 rings (SSSR count). The van der Waals surface area contributed by atoms with Crippen molar-refractivity contribution in [3.8, 4) is 0 Å². The van der Waals surface area contributed by atoms with Gasteiger partial charge < -0.3 is 9.84 Å². The van der Waals surface area contributed by atoms with Crippen molar-refractivity contribution in [2.75, 3.05) is 13.2 Å². The Morgan fingerprint density at radius 3 is 2.82 bits per heavy atom. The first-order valence-corrected chi connectivity index (χ1v) is 5.99. The van der Waals surface area contributed by atoms with Gasteiger partial charge in [-0.25, -0.2) is 4.39 Å². The third-order valence-electron chi connectivity index (χ3n) is 3.35. The van der Waals surface area contributed by atoms with E-state index in [2.05, 4.69) is 4.98 Å². The summed E-state index contributed by atoms with van der Waals surface area (Å²) in [6.07, 6.45) is 5.22. The van der Waals surface area contributed by atoms with Gasteiger partial charge in [0.2, 0.25) is 0 Å². The van der Waals surface area contributed by atoms with Crippen LogP contribution >= 0.6 is 0 Å². The first-order valence-electron chi connectivity index (χ1n) is 5.99. The van der Waals surface area contributed by atoms with Crippen LogP contribution in [0.25, 0.3) is 0 Å². The van der Waals surface area contributed by atoms with E-state index in [1.165, 1.54) is 12.3 Å². The molecule has 0 aromatic carbocycles. The molecular formula is C13H18FNO2. The van der Waals surface area contributed by atoms with Crippen LogP contribution in [0.1, 0.15) is 31.7 Å². The monoisotopic (exact) mass is 239 g/mol. The minimum absolute atomic E-state index is 0.408. The highest BCUT2D eigenvalue weighted by Crippen LogP contribution is 2.32. The zero-order chi connectivity index (χ0) is 12.3. The second-order valence-corrected chi connectivity index (χ2v) is 4.93. The van der Waals surface area contributed by atoms with Crippen LogP contribution in [0, 0.1) is 11.7 Å². The Bertz CT molecular complexity index is 375. The molecule has 1 aromatic heterocycles. The Hall–Kier alpha value is -1.00. The van der Waals surface area contributed by atoms with Crippen molar-refractivity contribution in [3.05, 3.63) is 29.8 Å². The molecule has 0 saturated carbocycles. The van der Waals surface area contributed by atoms with Crippen LogP contribution in [0.15, 0.2) is 18.5 Å². The lowest BCUT2D eigenvalue weighted by Crippen LogP contribution is -2.28. The first-order chi connectivity index (χ1) is 8.08. The van der Waals surface area contributed by atoms with E-state index in [4.69, 9.17) is 4.74 Å². The standard InChI is InChI=1S/C13H18FNO2/c1-13(16,7-10-2-4-17-5-3-10)11-6-12(14)9-15-8-11/h6,8-10,16H,2-5,7H2,1H3. The van der Waals surface area contributed by atoms with E-state index in [9.17, 15) is 9.50 Å². The van der Waals surface area contributed by atoms with E-state index in [0.29, 0.717) is 17.9 Å². The van der Waals surface area contributed by atoms with Gasteiger partial charge in [-0.2, -0.15) is 0 Å². The van der Waals surface area contributed by atoms with Crippen molar-refractivity contribution in [3.63, 3.8) is 0 Å². The second kappa shape index (κ2) is 5.10. The molecule has 1 atom stereocenters. The molecule has 1 N–H and O–H groups in total. The molecule has 2 heterocycles. The summed E-state index contributed by atoms with van der Waals surface area (Å²) in [5.41, 5.74) is -0.471. The molecule has 4 heteroatoms. The molecule has 0 aliphatic carbocycles. The molecule has 0 radical (unpaired) electrons. The Labute approximate surface area is 101 Å². The number of rotatable bonds is 3. The number of aromatic nitrogens is 1. The highest BCUT2D eigenvalue weighted by molar-refractivity contribution is 5.18. The number of halogens is 1. The number of nitrogens with zero attached hydrogens (tertiary/aromatic N) is 1. The van der Waals surface area contributed by atoms with Crippen molar-refractivity contribution in [2.45, 2.75) is 31.8 Å². The number of pyridine rings is 1. The molecule has 1 unspecified atom stereocenters. The summed E-state index contributed by atoms with van der Waals surface area (Å²) in [6, 6.07) is 1.35. The fourth-order valence-electron chi connectivity index (χ4n) is 2.34. The number of hydrogen-bond acceptors (Lipinski definition) is 3. The molecule has 1 aromatic rings. The van der Waals surface area contributed by atoms with Gasteiger partial charge in [-0.05, 0) is 38.2 Å². The Morgan fingerprint density at radius 1 is 1.47 bits per heavy atom. The van der Waals surface area contributed by atoms with E-state index in [1.807, 2.05) is 0 Å². The molecule has 3 nitrogen and oxygen atoms in total. The Morgan fingerprint density at radius 2 is 2.18 bits per heavy atom. The van der Waals surface area contributed by atoms with Crippen molar-refractivity contribution in [1.82, 2.24) is 4.98 Å². The molecule has 0 bridgehead atoms. The van der Waals surface area contributed by atoms with Crippen LogP contribution in [-0.2, 0) is 10.3 Å². The van der Waals surface area contributed by atoms with Gasteiger partial charge in [0.1, 0.15) is 5.82 Å². The summed E-state index contributed by atoms with van der Waals surface area (Å²) >= 11 is 0. The predicted molar refractivity (Wildman–Crippen MR) is 61.9 cm³/mol. The summed E-state index contributed by atoms with van der Waals surface area (Å²) in [5.74, 6) is 0.0248. The lowest BCUT2D eigenvalue weighted by Gasteiger charge is -2.30. The van der Waals surface area contributed by atoms with E-state index >= 15 is 0 Å². The van der Waals surface area contributed by atoms with Crippen molar-refractivity contribution < 1.29 is 14.2 Å². The van der Waals surface area contributed by atoms with Crippen LogP contribution in [0.5, 0.6) is 0 Å². The maximum absolute atomic E-state index is 13.1. The minimum Gasteiger partial charge on any atom is -0.385 e. The number of ether oxygens (including phenoxy) is 1. The molecule has 17 heavy (non-hydrogen) atoms. The fourth-order valence-corrected chi connectivity index (χ4v) is 2.34. The fraction of sp³-hybridized carbons (Fsp3) is 0.615. The van der Waals surface area contributed by atoms with Gasteiger partial charge >= 0.3 is 0 Å². The molecule has 1 aliphatic rings. The molecular weight excluding hydrogens is 221 g/mol. The molecule has 1 aliphatic heterocycles. The van der Waals surface area contributed by atoms with Gasteiger partial charge in [0, 0.05) is 25.0 Å². The highest BCUT2D eigenvalue weighted by Gasteiger charge is 2.29. The van der Waals surface area contributed by atoms with Gasteiger partial charge in [0.25, 0.3) is 0 Å². The normalized spacial score (nSPS) is 21.1. The van der Waals surface area contributed by atoms with Gasteiger partial charge in [-0.3, -0.25) is 4.98 Å². The smallest absolute Gasteiger partial charge is 0.141 e. The van der Waals surface area contributed by atoms with Gasteiger partial charge in [-0.1, -0.05) is 0 Å². The summed E-state index contributed by atoms with van der Waals surface area (Å²) in [6.45, 7) is 3.23. The molecule has 0 amide bonds. The lowest BCUT2D eigenvalue weighted by molar-refractivity contribution is -0.00342. The summed E-state index contributed by atoms with van der Waals surface area (Å²) in [7, 11) is 0. The molecule has 1 saturated heterocycles. The first kappa shape index (κ1) is 12.5. The van der Waals surface area contributed by atoms with E-state index < -0.39 is 11.4 Å². The quantitative estimate of drug-likeness (QED) is 0.879. The average molecular weight is 239 g/mol. The lowest BCUT2D eigenvalue weighted by atomic mass is 9.83. The minimum atomic E-state index is -1.02. The van der Waals surface area contributed by atoms with Crippen LogP contribution in [0.4, 0.5) is 4.39 Å². The van der Waals surface area contributed by atoms with Crippen molar-refractivity contribution in [1.29, 1.82) is 0 Å². The maximum atomic E-state index is 13.1. The van der Waals surface area contributed by atoms with E-state index in [1.54, 1.807) is 6.92 Å². The summed E-state index contributed by atoms with van der Waals surface area (Å²) < 4.78 is 18.4. The van der Waals surface area contributed by atoms with E-state index in [-0.39, 0.29) is 0 Å². The number of hydrogen-bond donors (Lipinski definition) is 1. The predicted octanol–water partition coefficient (Wildman–Crippen LogP) is 2.24. The molecule has 94 valence electrons.